The van der Waals surface area contributed by atoms with Crippen LogP contribution in [0.2, 0.25) is 0 Å². The van der Waals surface area contributed by atoms with Gasteiger partial charge in [-0.25, -0.2) is 4.79 Å². The molecule has 0 aliphatic carbocycles. The van der Waals surface area contributed by atoms with Gasteiger partial charge in [0.1, 0.15) is 5.60 Å². The molecule has 2 rings (SSSR count). The minimum Gasteiger partial charge on any atom is -0.444 e. The number of hydrogen-bond acceptors (Lipinski definition) is 3. The van der Waals surface area contributed by atoms with E-state index in [1.165, 1.54) is 0 Å². The fourth-order valence-electron chi connectivity index (χ4n) is 2.01. The highest BCUT2D eigenvalue weighted by atomic mass is 16.6. The van der Waals surface area contributed by atoms with Crippen LogP contribution in [0.1, 0.15) is 31.9 Å². The standard InChI is InChI=1S/C14H18N2O3/c1-14(2,3)19-13(18)16-7-10-4-5-12(15-9-17)6-11(10)8-16/h4-6,9H,7-8H2,1-3H3,(H,15,17). The first-order valence-corrected chi connectivity index (χ1v) is 6.19. The average Bonchev–Trinajstić information content (AvgIpc) is 2.70. The Labute approximate surface area is 112 Å². The van der Waals surface area contributed by atoms with Gasteiger partial charge in [-0.05, 0) is 44.0 Å². The third kappa shape index (κ3) is 3.24. The zero-order valence-corrected chi connectivity index (χ0v) is 11.4. The molecule has 0 spiro atoms. The van der Waals surface area contributed by atoms with Crippen molar-refractivity contribution in [2.45, 2.75) is 39.5 Å². The summed E-state index contributed by atoms with van der Waals surface area (Å²) >= 11 is 0. The lowest BCUT2D eigenvalue weighted by Crippen LogP contribution is -2.33. The molecule has 1 aromatic rings. The molecule has 102 valence electrons. The molecule has 19 heavy (non-hydrogen) atoms. The molecule has 0 fully saturated rings. The van der Waals surface area contributed by atoms with Crippen LogP contribution in [0.4, 0.5) is 10.5 Å². The monoisotopic (exact) mass is 262 g/mol. The van der Waals surface area contributed by atoms with Crippen LogP contribution in [-0.2, 0) is 22.6 Å². The van der Waals surface area contributed by atoms with Gasteiger partial charge in [0.05, 0.1) is 0 Å². The predicted octanol–water partition coefficient (Wildman–Crippen LogP) is 2.51. The number of amides is 2. The summed E-state index contributed by atoms with van der Waals surface area (Å²) in [7, 11) is 0. The number of nitrogens with one attached hydrogen (secondary N) is 1. The van der Waals surface area contributed by atoms with Gasteiger partial charge in [-0.1, -0.05) is 6.07 Å². The molecule has 1 aromatic carbocycles. The lowest BCUT2D eigenvalue weighted by molar-refractivity contribution is -0.105. The second kappa shape index (κ2) is 4.91. The molecule has 1 N–H and O–H groups in total. The van der Waals surface area contributed by atoms with Crippen LogP contribution in [0.25, 0.3) is 0 Å². The molecular weight excluding hydrogens is 244 g/mol. The Hall–Kier alpha value is -2.04. The summed E-state index contributed by atoms with van der Waals surface area (Å²) in [6.07, 6.45) is 0.330. The first kappa shape index (κ1) is 13.4. The van der Waals surface area contributed by atoms with E-state index in [0.29, 0.717) is 19.5 Å². The molecule has 0 saturated carbocycles. The molecule has 0 radical (unpaired) electrons. The van der Waals surface area contributed by atoms with Gasteiger partial charge >= 0.3 is 6.09 Å². The van der Waals surface area contributed by atoms with E-state index in [1.807, 2.05) is 39.0 Å². The Morgan fingerprint density at radius 2 is 2.00 bits per heavy atom. The van der Waals surface area contributed by atoms with Crippen molar-refractivity contribution in [3.8, 4) is 0 Å². The number of nitrogens with zero attached hydrogens (tertiary/aromatic N) is 1. The van der Waals surface area contributed by atoms with Crippen LogP contribution in [0.5, 0.6) is 0 Å². The van der Waals surface area contributed by atoms with Gasteiger partial charge in [-0.15, -0.1) is 0 Å². The Morgan fingerprint density at radius 3 is 2.63 bits per heavy atom. The summed E-state index contributed by atoms with van der Waals surface area (Å²) in [5.41, 5.74) is 2.37. The predicted molar refractivity (Wildman–Crippen MR) is 71.6 cm³/mol. The fraction of sp³-hybridized carbons (Fsp3) is 0.429. The molecule has 1 aliphatic heterocycles. The van der Waals surface area contributed by atoms with Gasteiger partial charge in [0.25, 0.3) is 0 Å². The minimum atomic E-state index is -0.490. The molecule has 0 atom stereocenters. The third-order valence-corrected chi connectivity index (χ3v) is 2.81. The number of anilines is 1. The quantitative estimate of drug-likeness (QED) is 0.833. The van der Waals surface area contributed by atoms with Crippen LogP contribution in [0, 0.1) is 0 Å². The molecule has 2 amide bonds. The van der Waals surface area contributed by atoms with Gasteiger partial charge in [-0.2, -0.15) is 0 Å². The summed E-state index contributed by atoms with van der Waals surface area (Å²) in [5.74, 6) is 0. The first-order valence-electron chi connectivity index (χ1n) is 6.19. The highest BCUT2D eigenvalue weighted by molar-refractivity contribution is 5.73. The second-order valence-corrected chi connectivity index (χ2v) is 5.58. The summed E-state index contributed by atoms with van der Waals surface area (Å²) < 4.78 is 5.35. The summed E-state index contributed by atoms with van der Waals surface area (Å²) in [6, 6.07) is 5.63. The smallest absolute Gasteiger partial charge is 0.410 e. The van der Waals surface area contributed by atoms with Gasteiger partial charge in [0.2, 0.25) is 6.41 Å². The fourth-order valence-corrected chi connectivity index (χ4v) is 2.01. The maximum atomic E-state index is 12.0. The zero-order valence-electron chi connectivity index (χ0n) is 11.4. The lowest BCUT2D eigenvalue weighted by Gasteiger charge is -2.24. The maximum Gasteiger partial charge on any atom is 0.410 e. The van der Waals surface area contributed by atoms with E-state index >= 15 is 0 Å². The van der Waals surface area contributed by atoms with Crippen molar-refractivity contribution in [2.75, 3.05) is 5.32 Å². The van der Waals surface area contributed by atoms with Crippen LogP contribution in [0.3, 0.4) is 0 Å². The van der Waals surface area contributed by atoms with Crippen molar-refractivity contribution in [3.05, 3.63) is 29.3 Å². The SMILES string of the molecule is CC(C)(C)OC(=O)N1Cc2ccc(NC=O)cc2C1. The molecule has 0 unspecified atom stereocenters. The summed E-state index contributed by atoms with van der Waals surface area (Å²) in [5, 5.41) is 2.60. The van der Waals surface area contributed by atoms with Gasteiger partial charge in [0.15, 0.2) is 0 Å². The Kier molecular flexibility index (Phi) is 3.46. The number of carbonyl (C=O) groups excluding carboxylic acids is 2. The topological polar surface area (TPSA) is 58.6 Å². The molecule has 0 aromatic heterocycles. The molecule has 5 heteroatoms. The van der Waals surface area contributed by atoms with Crippen LogP contribution >= 0.6 is 0 Å². The van der Waals surface area contributed by atoms with Crippen LogP contribution < -0.4 is 5.32 Å². The van der Waals surface area contributed by atoms with E-state index in [2.05, 4.69) is 5.32 Å². The molecule has 1 aliphatic rings. The summed E-state index contributed by atoms with van der Waals surface area (Å²) in [6.45, 7) is 6.60. The van der Waals surface area contributed by atoms with Gasteiger partial charge in [0, 0.05) is 18.8 Å². The van der Waals surface area contributed by atoms with E-state index < -0.39 is 5.60 Å². The highest BCUT2D eigenvalue weighted by Gasteiger charge is 2.27. The van der Waals surface area contributed by atoms with Crippen LogP contribution in [-0.4, -0.2) is 23.0 Å². The number of hydrogen-bond donors (Lipinski definition) is 1. The largest absolute Gasteiger partial charge is 0.444 e. The van der Waals surface area contributed by atoms with Gasteiger partial charge < -0.3 is 10.1 Å². The van der Waals surface area contributed by atoms with E-state index in [4.69, 9.17) is 4.74 Å². The number of ether oxygens (including phenoxy) is 1. The molecule has 5 nitrogen and oxygen atoms in total. The highest BCUT2D eigenvalue weighted by Crippen LogP contribution is 2.26. The minimum absolute atomic E-state index is 0.311. The first-order chi connectivity index (χ1) is 8.89. The molecule has 0 saturated heterocycles. The van der Waals surface area contributed by atoms with E-state index in [0.717, 1.165) is 16.8 Å². The molecule has 1 heterocycles. The van der Waals surface area contributed by atoms with Crippen molar-refractivity contribution in [3.63, 3.8) is 0 Å². The number of carbonyl (C=O) groups is 2. The number of rotatable bonds is 2. The summed E-state index contributed by atoms with van der Waals surface area (Å²) in [4.78, 5) is 24.0. The van der Waals surface area contributed by atoms with Crippen molar-refractivity contribution in [1.82, 2.24) is 4.90 Å². The second-order valence-electron chi connectivity index (χ2n) is 5.58. The van der Waals surface area contributed by atoms with E-state index in [-0.39, 0.29) is 6.09 Å². The van der Waals surface area contributed by atoms with Crippen LogP contribution in [0.15, 0.2) is 18.2 Å². The van der Waals surface area contributed by atoms with Crippen molar-refractivity contribution < 1.29 is 14.3 Å². The molecule has 0 bridgehead atoms. The van der Waals surface area contributed by atoms with E-state index in [9.17, 15) is 9.59 Å². The number of benzene rings is 1. The Morgan fingerprint density at radius 1 is 1.32 bits per heavy atom. The van der Waals surface area contributed by atoms with Crippen molar-refractivity contribution in [2.24, 2.45) is 0 Å². The molecular formula is C14H18N2O3. The zero-order chi connectivity index (χ0) is 14.0. The lowest BCUT2D eigenvalue weighted by atomic mass is 10.1. The van der Waals surface area contributed by atoms with Crippen molar-refractivity contribution >= 4 is 18.2 Å². The van der Waals surface area contributed by atoms with Crippen molar-refractivity contribution in [1.29, 1.82) is 0 Å². The maximum absolute atomic E-state index is 12.0. The Balaban J connectivity index is 2.07. The van der Waals surface area contributed by atoms with Gasteiger partial charge in [-0.3, -0.25) is 9.69 Å². The Bertz CT molecular complexity index is 506. The number of fused-ring (bicyclic) bond motifs is 1. The normalized spacial score (nSPS) is 13.9. The average molecular weight is 262 g/mol. The van der Waals surface area contributed by atoms with E-state index in [1.54, 1.807) is 4.90 Å². The third-order valence-electron chi connectivity index (χ3n) is 2.81.